The highest BCUT2D eigenvalue weighted by molar-refractivity contribution is 9.11. The van der Waals surface area contributed by atoms with Gasteiger partial charge in [0.05, 0.1) is 12.2 Å². The Morgan fingerprint density at radius 1 is 0.889 bits per heavy atom. The zero-order valence-electron chi connectivity index (χ0n) is 31.6. The fraction of sp³-hybridized carbons (Fsp3) is 0.590. The number of anilines is 2. The van der Waals surface area contributed by atoms with E-state index in [0.717, 1.165) is 71.2 Å². The lowest BCUT2D eigenvalue weighted by molar-refractivity contribution is -0.156. The molecule has 5 amide bonds. The monoisotopic (exact) mass is 872 g/mol. The molecule has 2 aromatic carbocycles. The number of nitrogen functional groups attached to an aromatic ring is 1. The molecule has 0 radical (unpaired) electrons. The third-order valence-electron chi connectivity index (χ3n) is 11.0. The third kappa shape index (κ3) is 10.3. The van der Waals surface area contributed by atoms with Gasteiger partial charge in [0.15, 0.2) is 0 Å². The van der Waals surface area contributed by atoms with Crippen LogP contribution in [0.1, 0.15) is 57.6 Å². The van der Waals surface area contributed by atoms with E-state index in [1.165, 1.54) is 0 Å². The summed E-state index contributed by atoms with van der Waals surface area (Å²) in [7, 11) is 0. The molecule has 0 spiro atoms. The fourth-order valence-corrected chi connectivity index (χ4v) is 9.35. The number of ether oxygens (including phenoxy) is 1. The number of amides is 5. The van der Waals surface area contributed by atoms with Crippen molar-refractivity contribution in [3.05, 3.63) is 56.5 Å². The zero-order chi connectivity index (χ0) is 38.6. The Kier molecular flexibility index (Phi) is 13.1. The molecule has 0 aliphatic carbocycles. The zero-order valence-corrected chi connectivity index (χ0v) is 34.8. The summed E-state index contributed by atoms with van der Waals surface area (Å²) in [6.45, 7) is 12.1. The molecule has 0 saturated carbocycles. The first-order valence-corrected chi connectivity index (χ1v) is 20.7. The van der Waals surface area contributed by atoms with Crippen molar-refractivity contribution in [1.82, 2.24) is 29.8 Å². The molecule has 3 saturated heterocycles. The third-order valence-corrected chi connectivity index (χ3v) is 12.3. The second-order valence-electron chi connectivity index (χ2n) is 15.9. The first-order valence-electron chi connectivity index (χ1n) is 19.2. The van der Waals surface area contributed by atoms with Crippen LogP contribution in [-0.2, 0) is 27.2 Å². The summed E-state index contributed by atoms with van der Waals surface area (Å²) < 4.78 is 6.95. The van der Waals surface area contributed by atoms with Crippen LogP contribution in [0.5, 0.6) is 0 Å². The minimum atomic E-state index is -0.763. The number of rotatable bonds is 8. The van der Waals surface area contributed by atoms with Gasteiger partial charge in [-0.15, -0.1) is 0 Å². The molecule has 4 heterocycles. The maximum Gasteiger partial charge on any atom is 0.322 e. The van der Waals surface area contributed by atoms with Crippen molar-refractivity contribution < 1.29 is 23.9 Å². The van der Waals surface area contributed by atoms with Crippen molar-refractivity contribution in [3.8, 4) is 0 Å². The molecule has 54 heavy (non-hydrogen) atoms. The first kappa shape index (κ1) is 40.3. The van der Waals surface area contributed by atoms with Gasteiger partial charge in [0, 0.05) is 92.0 Å². The highest BCUT2D eigenvalue weighted by Crippen LogP contribution is 2.31. The Hall–Kier alpha value is -3.40. The van der Waals surface area contributed by atoms with Crippen molar-refractivity contribution in [2.45, 2.75) is 83.0 Å². The molecule has 1 atom stereocenters. The summed E-state index contributed by atoms with van der Waals surface area (Å²) in [6, 6.07) is 11.0. The molecule has 6 rings (SSSR count). The number of piperazine rings is 1. The fourth-order valence-electron chi connectivity index (χ4n) is 8.06. The van der Waals surface area contributed by atoms with E-state index in [1.54, 1.807) is 4.90 Å². The summed E-state index contributed by atoms with van der Waals surface area (Å²) in [4.78, 5) is 63.7. The maximum absolute atomic E-state index is 14.2. The van der Waals surface area contributed by atoms with E-state index < -0.39 is 11.6 Å². The molecular weight excluding hydrogens is 820 g/mol. The number of nitrogens with one attached hydrogen (secondary N) is 2. The molecule has 3 fully saturated rings. The minimum Gasteiger partial charge on any atom is -0.459 e. The van der Waals surface area contributed by atoms with E-state index in [0.29, 0.717) is 70.3 Å². The van der Waals surface area contributed by atoms with Crippen molar-refractivity contribution in [3.63, 3.8) is 0 Å². The molecule has 15 heteroatoms. The van der Waals surface area contributed by atoms with E-state index in [1.807, 2.05) is 67.0 Å². The highest BCUT2D eigenvalue weighted by atomic mass is 79.9. The standard InChI is InChI=1S/C39H54Br2N8O5/c1-39(2,3)54-34(50)25-45-18-20-46(21-19-45)28-9-13-47(14-10-28)36(51)33(24-26-22-30(40)35(42)31(41)23-26)44-37(52)48-15-11-29(12-16-48)49-17-8-27-6-4-5-7-32(27)43-38(49)53/h4-7,22-23,28-29,33H,8-21,24-25,42H2,1-3H3,(H,43,53)(H,44,52)/t33-/m0/s1. The molecule has 0 unspecified atom stereocenters. The van der Waals surface area contributed by atoms with Gasteiger partial charge in [0.25, 0.3) is 0 Å². The number of esters is 1. The van der Waals surface area contributed by atoms with Gasteiger partial charge in [0.2, 0.25) is 5.91 Å². The largest absolute Gasteiger partial charge is 0.459 e. The minimum absolute atomic E-state index is 0.0273. The van der Waals surface area contributed by atoms with Crippen LogP contribution >= 0.6 is 31.9 Å². The number of benzene rings is 2. The number of nitrogens with two attached hydrogens (primary N) is 1. The smallest absolute Gasteiger partial charge is 0.322 e. The molecule has 294 valence electrons. The van der Waals surface area contributed by atoms with Crippen LogP contribution in [0, 0.1) is 0 Å². The number of urea groups is 2. The molecule has 4 aliphatic heterocycles. The van der Waals surface area contributed by atoms with E-state index in [9.17, 15) is 19.2 Å². The van der Waals surface area contributed by atoms with Crippen molar-refractivity contribution in [2.75, 3.05) is 76.5 Å². The first-order chi connectivity index (χ1) is 25.7. The summed E-state index contributed by atoms with van der Waals surface area (Å²) in [5, 5.41) is 6.17. The van der Waals surface area contributed by atoms with Gasteiger partial charge in [-0.05, 0) is 114 Å². The second-order valence-corrected chi connectivity index (χ2v) is 17.6. The van der Waals surface area contributed by atoms with Crippen LogP contribution in [0.15, 0.2) is 45.3 Å². The summed E-state index contributed by atoms with van der Waals surface area (Å²) in [6.07, 6.45) is 4.11. The molecule has 0 bridgehead atoms. The van der Waals surface area contributed by atoms with Crippen LogP contribution < -0.4 is 16.4 Å². The van der Waals surface area contributed by atoms with Crippen LogP contribution in [0.2, 0.25) is 0 Å². The number of carbonyl (C=O) groups excluding carboxylic acids is 4. The lowest BCUT2D eigenvalue weighted by Gasteiger charge is -2.43. The van der Waals surface area contributed by atoms with Crippen LogP contribution in [0.4, 0.5) is 21.0 Å². The Morgan fingerprint density at radius 3 is 2.15 bits per heavy atom. The Morgan fingerprint density at radius 2 is 1.50 bits per heavy atom. The van der Waals surface area contributed by atoms with Gasteiger partial charge in [0.1, 0.15) is 11.6 Å². The van der Waals surface area contributed by atoms with Gasteiger partial charge in [-0.1, -0.05) is 18.2 Å². The van der Waals surface area contributed by atoms with Gasteiger partial charge < -0.3 is 35.8 Å². The number of fused-ring (bicyclic) bond motifs is 1. The normalized spacial score (nSPS) is 20.2. The van der Waals surface area contributed by atoms with Crippen molar-refractivity contribution in [2.24, 2.45) is 0 Å². The van der Waals surface area contributed by atoms with Crippen molar-refractivity contribution in [1.29, 1.82) is 0 Å². The predicted molar refractivity (Wildman–Crippen MR) is 216 cm³/mol. The lowest BCUT2D eigenvalue weighted by atomic mass is 9.99. The molecule has 4 aliphatic rings. The number of hydrogen-bond donors (Lipinski definition) is 3. The number of nitrogens with zero attached hydrogens (tertiary/aromatic N) is 5. The molecular formula is C39H54Br2N8O5. The molecule has 13 nitrogen and oxygen atoms in total. The van der Waals surface area contributed by atoms with Gasteiger partial charge in [-0.3, -0.25) is 19.4 Å². The Labute approximate surface area is 335 Å². The second kappa shape index (κ2) is 17.6. The molecule has 0 aromatic heterocycles. The van der Waals surface area contributed by atoms with E-state index in [-0.39, 0.29) is 30.0 Å². The lowest BCUT2D eigenvalue weighted by Crippen LogP contribution is -2.58. The maximum atomic E-state index is 14.2. The van der Waals surface area contributed by atoms with Crippen LogP contribution in [-0.4, -0.2) is 138 Å². The van der Waals surface area contributed by atoms with Crippen LogP contribution in [0.3, 0.4) is 0 Å². The van der Waals surface area contributed by atoms with Gasteiger partial charge in [-0.25, -0.2) is 9.59 Å². The average molecular weight is 875 g/mol. The number of halogens is 2. The summed E-state index contributed by atoms with van der Waals surface area (Å²) in [5.74, 6) is -0.287. The Bertz CT molecular complexity index is 1660. The van der Waals surface area contributed by atoms with E-state index in [2.05, 4.69) is 52.3 Å². The Balaban J connectivity index is 1.04. The number of carbonyl (C=O) groups is 4. The van der Waals surface area contributed by atoms with E-state index >= 15 is 0 Å². The van der Waals surface area contributed by atoms with Crippen LogP contribution in [0.25, 0.3) is 0 Å². The van der Waals surface area contributed by atoms with E-state index in [4.69, 9.17) is 10.5 Å². The molecule has 2 aromatic rings. The average Bonchev–Trinajstić information content (AvgIpc) is 3.31. The number of likely N-dealkylation sites (tertiary alicyclic amines) is 2. The predicted octanol–water partition coefficient (Wildman–Crippen LogP) is 4.92. The quantitative estimate of drug-likeness (QED) is 0.251. The van der Waals surface area contributed by atoms with Gasteiger partial charge >= 0.3 is 18.0 Å². The number of hydrogen-bond acceptors (Lipinski definition) is 8. The summed E-state index contributed by atoms with van der Waals surface area (Å²) in [5.41, 5.74) is 9.10. The number of para-hydroxylation sites is 1. The summed E-state index contributed by atoms with van der Waals surface area (Å²) >= 11 is 7.06. The van der Waals surface area contributed by atoms with Gasteiger partial charge in [-0.2, -0.15) is 0 Å². The number of piperidine rings is 2. The molecule has 4 N–H and O–H groups in total. The van der Waals surface area contributed by atoms with Crippen molar-refractivity contribution >= 4 is 67.2 Å². The highest BCUT2D eigenvalue weighted by Gasteiger charge is 2.36. The topological polar surface area (TPSA) is 144 Å². The SMILES string of the molecule is CC(C)(C)OC(=O)CN1CCN(C2CCN(C(=O)[C@H](Cc3cc(Br)c(N)c(Br)c3)NC(=O)N3CCC(N4CCc5ccccc5NC4=O)CC3)CC2)CC1.